The normalized spacial score (nSPS) is 13.1. The van der Waals surface area contributed by atoms with E-state index < -0.39 is 0 Å². The first-order valence-electron chi connectivity index (χ1n) is 6.84. The third-order valence-corrected chi connectivity index (χ3v) is 4.12. The summed E-state index contributed by atoms with van der Waals surface area (Å²) >= 11 is 1.50. The lowest BCUT2D eigenvalue weighted by Crippen LogP contribution is -2.30. The lowest BCUT2D eigenvalue weighted by atomic mass is 10.1. The smallest absolute Gasteiger partial charge is 0.0826 e. The Balaban J connectivity index is 1.97. The molecule has 1 atom stereocenters. The molecule has 0 aliphatic heterocycles. The monoisotopic (exact) mass is 291 g/mol. The van der Waals surface area contributed by atoms with Gasteiger partial charge >= 0.3 is 0 Å². The molecule has 108 valence electrons. The summed E-state index contributed by atoms with van der Waals surface area (Å²) in [5.41, 5.74) is 2.15. The van der Waals surface area contributed by atoms with E-state index in [-0.39, 0.29) is 0 Å². The van der Waals surface area contributed by atoms with Crippen molar-refractivity contribution in [3.05, 3.63) is 34.9 Å². The minimum absolute atomic E-state index is 0.397. The summed E-state index contributed by atoms with van der Waals surface area (Å²) in [5, 5.41) is 4.23. The number of aromatic nitrogens is 4. The average Bonchev–Trinajstić information content (AvgIpc) is 2.88. The topological polar surface area (TPSA) is 54.8 Å². The number of hydrogen-bond acceptors (Lipinski definition) is 6. The molecule has 0 spiro atoms. The van der Waals surface area contributed by atoms with Crippen LogP contribution in [0.3, 0.4) is 0 Å². The molecule has 2 aromatic heterocycles. The Morgan fingerprint density at radius 2 is 2.05 bits per heavy atom. The second-order valence-electron chi connectivity index (χ2n) is 5.40. The van der Waals surface area contributed by atoms with Crippen LogP contribution >= 0.6 is 11.5 Å². The fraction of sp³-hybridized carbons (Fsp3) is 0.571. The van der Waals surface area contributed by atoms with Crippen molar-refractivity contribution in [3.8, 4) is 0 Å². The first-order chi connectivity index (χ1) is 9.58. The van der Waals surface area contributed by atoms with Crippen molar-refractivity contribution in [2.75, 3.05) is 7.05 Å². The number of rotatable bonds is 6. The number of hydrogen-bond donors (Lipinski definition) is 0. The molecule has 0 fully saturated rings. The molecular formula is C14H21N5S. The number of nitrogens with zero attached hydrogens (tertiary/aromatic N) is 5. The molecule has 0 N–H and O–H groups in total. The van der Waals surface area contributed by atoms with Crippen molar-refractivity contribution in [3.63, 3.8) is 0 Å². The van der Waals surface area contributed by atoms with E-state index in [2.05, 4.69) is 52.3 Å². The van der Waals surface area contributed by atoms with Gasteiger partial charge in [0.2, 0.25) is 0 Å². The van der Waals surface area contributed by atoms with Crippen LogP contribution in [0.2, 0.25) is 0 Å². The molecule has 0 aliphatic rings. The maximum absolute atomic E-state index is 4.33. The molecule has 1 unspecified atom stereocenters. The zero-order valence-corrected chi connectivity index (χ0v) is 13.3. The second kappa shape index (κ2) is 6.85. The van der Waals surface area contributed by atoms with Crippen LogP contribution in [0, 0.1) is 0 Å². The van der Waals surface area contributed by atoms with Gasteiger partial charge in [-0.15, -0.1) is 5.10 Å². The predicted molar refractivity (Wildman–Crippen MR) is 80.7 cm³/mol. The van der Waals surface area contributed by atoms with Crippen molar-refractivity contribution < 1.29 is 0 Å². The van der Waals surface area contributed by atoms with Crippen LogP contribution in [0.15, 0.2) is 18.6 Å². The minimum Gasteiger partial charge on any atom is -0.298 e. The van der Waals surface area contributed by atoms with Crippen LogP contribution in [-0.2, 0) is 13.0 Å². The zero-order chi connectivity index (χ0) is 14.5. The van der Waals surface area contributed by atoms with Gasteiger partial charge in [-0.3, -0.25) is 14.9 Å². The summed E-state index contributed by atoms with van der Waals surface area (Å²) in [6.07, 6.45) is 6.17. The van der Waals surface area contributed by atoms with E-state index >= 15 is 0 Å². The van der Waals surface area contributed by atoms with E-state index in [1.165, 1.54) is 16.4 Å². The Morgan fingerprint density at radius 3 is 2.70 bits per heavy atom. The van der Waals surface area contributed by atoms with Gasteiger partial charge in [0.15, 0.2) is 0 Å². The summed E-state index contributed by atoms with van der Waals surface area (Å²) in [6.45, 7) is 7.40. The lowest BCUT2D eigenvalue weighted by molar-refractivity contribution is 0.248. The SMILES string of the molecule is CC(C)c1nnsc1CN(C)C(C)Cc1cnccn1. The predicted octanol–water partition coefficient (Wildman–Crippen LogP) is 2.51. The molecular weight excluding hydrogens is 270 g/mol. The van der Waals surface area contributed by atoms with Gasteiger partial charge in [-0.25, -0.2) is 0 Å². The highest BCUT2D eigenvalue weighted by Crippen LogP contribution is 2.21. The summed E-state index contributed by atoms with van der Waals surface area (Å²) < 4.78 is 4.08. The maximum Gasteiger partial charge on any atom is 0.0826 e. The quantitative estimate of drug-likeness (QED) is 0.818. The Hall–Kier alpha value is -1.40. The Labute approximate surface area is 124 Å². The Morgan fingerprint density at radius 1 is 1.25 bits per heavy atom. The van der Waals surface area contributed by atoms with E-state index in [1.807, 2.05) is 6.20 Å². The van der Waals surface area contributed by atoms with E-state index in [4.69, 9.17) is 0 Å². The van der Waals surface area contributed by atoms with Gasteiger partial charge in [0, 0.05) is 37.6 Å². The molecule has 0 amide bonds. The van der Waals surface area contributed by atoms with E-state index in [1.54, 1.807) is 12.4 Å². The van der Waals surface area contributed by atoms with E-state index in [0.717, 1.165) is 24.4 Å². The molecule has 0 radical (unpaired) electrons. The summed E-state index contributed by atoms with van der Waals surface area (Å²) in [5.74, 6) is 0.424. The molecule has 2 aromatic rings. The Kier molecular flexibility index (Phi) is 5.14. The summed E-state index contributed by atoms with van der Waals surface area (Å²) in [6, 6.07) is 0.397. The highest BCUT2D eigenvalue weighted by Gasteiger charge is 2.17. The van der Waals surface area contributed by atoms with Crippen LogP contribution in [0.25, 0.3) is 0 Å². The first kappa shape index (κ1) is 15.0. The van der Waals surface area contributed by atoms with Gasteiger partial charge < -0.3 is 0 Å². The van der Waals surface area contributed by atoms with Crippen LogP contribution < -0.4 is 0 Å². The third kappa shape index (κ3) is 3.80. The van der Waals surface area contributed by atoms with Crippen molar-refractivity contribution in [1.82, 2.24) is 24.5 Å². The molecule has 0 saturated heterocycles. The van der Waals surface area contributed by atoms with Gasteiger partial charge in [-0.05, 0) is 31.4 Å². The molecule has 20 heavy (non-hydrogen) atoms. The highest BCUT2D eigenvalue weighted by atomic mass is 32.1. The molecule has 0 saturated carbocycles. The summed E-state index contributed by atoms with van der Waals surface area (Å²) in [7, 11) is 2.13. The van der Waals surface area contributed by atoms with Gasteiger partial charge in [0.1, 0.15) is 0 Å². The standard InChI is InChI=1S/C14H21N5S/c1-10(2)14-13(20-18-17-14)9-19(4)11(3)7-12-8-15-5-6-16-12/h5-6,8,10-11H,7,9H2,1-4H3. The number of likely N-dealkylation sites (N-methyl/N-ethyl adjacent to an activating group) is 1. The lowest BCUT2D eigenvalue weighted by Gasteiger charge is -2.24. The molecule has 0 bridgehead atoms. The van der Waals surface area contributed by atoms with Gasteiger partial charge in [0.05, 0.1) is 16.3 Å². The largest absolute Gasteiger partial charge is 0.298 e. The third-order valence-electron chi connectivity index (χ3n) is 3.40. The molecule has 2 rings (SSSR count). The van der Waals surface area contributed by atoms with E-state index in [0.29, 0.717) is 12.0 Å². The first-order valence-corrected chi connectivity index (χ1v) is 7.61. The van der Waals surface area contributed by atoms with Crippen molar-refractivity contribution in [2.45, 2.75) is 45.7 Å². The average molecular weight is 291 g/mol. The fourth-order valence-electron chi connectivity index (χ4n) is 2.04. The van der Waals surface area contributed by atoms with Crippen LogP contribution in [-0.4, -0.2) is 37.5 Å². The highest BCUT2D eigenvalue weighted by molar-refractivity contribution is 7.05. The molecule has 0 aromatic carbocycles. The van der Waals surface area contributed by atoms with Crippen LogP contribution in [0.4, 0.5) is 0 Å². The van der Waals surface area contributed by atoms with E-state index in [9.17, 15) is 0 Å². The Bertz CT molecular complexity index is 525. The molecule has 0 aliphatic carbocycles. The zero-order valence-electron chi connectivity index (χ0n) is 12.4. The van der Waals surface area contributed by atoms with Crippen molar-refractivity contribution in [1.29, 1.82) is 0 Å². The summed E-state index contributed by atoms with van der Waals surface area (Å²) in [4.78, 5) is 12.0. The minimum atomic E-state index is 0.397. The van der Waals surface area contributed by atoms with Gasteiger partial charge in [-0.2, -0.15) is 0 Å². The second-order valence-corrected chi connectivity index (χ2v) is 6.24. The van der Waals surface area contributed by atoms with Gasteiger partial charge in [0.25, 0.3) is 0 Å². The van der Waals surface area contributed by atoms with Crippen molar-refractivity contribution >= 4 is 11.5 Å². The molecule has 2 heterocycles. The fourth-order valence-corrected chi connectivity index (χ4v) is 2.90. The molecule has 5 nitrogen and oxygen atoms in total. The maximum atomic E-state index is 4.33. The molecule has 6 heteroatoms. The van der Waals surface area contributed by atoms with Crippen molar-refractivity contribution in [2.24, 2.45) is 0 Å². The van der Waals surface area contributed by atoms with Gasteiger partial charge in [-0.1, -0.05) is 18.3 Å². The van der Waals surface area contributed by atoms with Crippen LogP contribution in [0.5, 0.6) is 0 Å². The van der Waals surface area contributed by atoms with Crippen LogP contribution in [0.1, 0.15) is 43.0 Å².